The third kappa shape index (κ3) is 9.40. The average molecular weight is 1000 g/mol. The zero-order valence-corrected chi connectivity index (χ0v) is 42.8. The molecule has 0 bridgehead atoms. The van der Waals surface area contributed by atoms with Crippen LogP contribution in [0.1, 0.15) is 130 Å². The molecule has 3 aliphatic heterocycles. The number of amides is 2. The van der Waals surface area contributed by atoms with Crippen LogP contribution in [0.4, 0.5) is 26.2 Å². The van der Waals surface area contributed by atoms with E-state index in [1.807, 2.05) is 11.0 Å². The first kappa shape index (κ1) is 49.5. The van der Waals surface area contributed by atoms with Crippen LogP contribution < -0.4 is 19.9 Å². The van der Waals surface area contributed by atoms with E-state index in [9.17, 15) is 23.6 Å². The summed E-state index contributed by atoms with van der Waals surface area (Å²) in [6, 6.07) is 10.7. The number of carbonyl (C=O) groups excluding carboxylic acids is 2. The maximum Gasteiger partial charge on any atom is 0.264 e. The summed E-state index contributed by atoms with van der Waals surface area (Å²) in [4.78, 5) is 41.6. The predicted octanol–water partition coefficient (Wildman–Crippen LogP) is 9.55. The van der Waals surface area contributed by atoms with Crippen molar-refractivity contribution in [3.63, 3.8) is 0 Å². The van der Waals surface area contributed by atoms with Gasteiger partial charge in [-0.05, 0) is 92.7 Å². The largest absolute Gasteiger partial charge is 0.489 e. The Labute approximate surface area is 424 Å². The van der Waals surface area contributed by atoms with E-state index in [2.05, 4.69) is 68.6 Å². The molecule has 1 saturated heterocycles. The van der Waals surface area contributed by atoms with Crippen LogP contribution in [0.2, 0.25) is 5.02 Å². The van der Waals surface area contributed by atoms with Gasteiger partial charge in [-0.2, -0.15) is 15.5 Å². The van der Waals surface area contributed by atoms with Gasteiger partial charge in [-0.1, -0.05) is 39.3 Å². The van der Waals surface area contributed by atoms with Crippen LogP contribution >= 0.6 is 11.6 Å². The quantitative estimate of drug-likeness (QED) is 0.127. The van der Waals surface area contributed by atoms with Gasteiger partial charge in [0.2, 0.25) is 11.9 Å². The Bertz CT molecular complexity index is 2860. The summed E-state index contributed by atoms with van der Waals surface area (Å²) in [6.07, 6.45) is 11.9. The number of nitrogens with one attached hydrogen (secondary N) is 1. The number of hydrogen-bond donors (Lipinski definition) is 1. The summed E-state index contributed by atoms with van der Waals surface area (Å²) >= 11 is 6.27. The number of nitriles is 1. The Morgan fingerprint density at radius 3 is 2.35 bits per heavy atom. The lowest BCUT2D eigenvalue weighted by Gasteiger charge is -2.63. The SMILES string of the molecule is CC(=O)N1CCc2c(c(N3CCCc4cc(-c5cnn(C)c5)c(C(F)F)cc43)nn2C2CCC(COC3CCN(c4ncc(C(=O)NC5C(C)(C)C(Oc6ccc(C#N)c(Cl)c6)C5(C)C)cn4)CC3)CC2)C1. The Hall–Kier alpha value is -6.12. The fourth-order valence-electron chi connectivity index (χ4n) is 12.5. The normalized spacial score (nSPS) is 22.7. The van der Waals surface area contributed by atoms with E-state index < -0.39 is 17.3 Å². The molecule has 10 rings (SSSR count). The van der Waals surface area contributed by atoms with Crippen molar-refractivity contribution in [3.05, 3.63) is 93.7 Å². The molecule has 72 heavy (non-hydrogen) atoms. The number of piperidine rings is 1. The molecular formula is C54H64ClF2N11O4. The van der Waals surface area contributed by atoms with Gasteiger partial charge >= 0.3 is 0 Å². The van der Waals surface area contributed by atoms with Crippen molar-refractivity contribution in [1.82, 2.24) is 39.7 Å². The summed E-state index contributed by atoms with van der Waals surface area (Å²) in [5, 5.41) is 22.4. The Morgan fingerprint density at radius 2 is 1.69 bits per heavy atom. The molecule has 3 fully saturated rings. The van der Waals surface area contributed by atoms with Gasteiger partial charge in [0, 0.05) is 123 Å². The molecule has 2 amide bonds. The second kappa shape index (κ2) is 19.7. The smallest absolute Gasteiger partial charge is 0.264 e. The molecule has 0 radical (unpaired) electrons. The molecule has 6 heterocycles. The summed E-state index contributed by atoms with van der Waals surface area (Å²) < 4.78 is 46.4. The second-order valence-corrected chi connectivity index (χ2v) is 22.1. The lowest BCUT2D eigenvalue weighted by atomic mass is 9.49. The molecular weight excluding hydrogens is 940 g/mol. The first-order chi connectivity index (χ1) is 34.5. The number of aryl methyl sites for hydroxylation is 2. The highest BCUT2D eigenvalue weighted by Crippen LogP contribution is 2.56. The lowest BCUT2D eigenvalue weighted by Crippen LogP contribution is -2.74. The van der Waals surface area contributed by atoms with Gasteiger partial charge in [0.25, 0.3) is 12.3 Å². The maximum absolute atomic E-state index is 14.8. The van der Waals surface area contributed by atoms with Gasteiger partial charge in [0.1, 0.15) is 17.9 Å². The first-order valence-corrected chi connectivity index (χ1v) is 25.8. The third-order valence-corrected chi connectivity index (χ3v) is 16.5. The fraction of sp³-hybridized carbons (Fsp3) is 0.537. The van der Waals surface area contributed by atoms with Crippen molar-refractivity contribution in [2.24, 2.45) is 23.8 Å². The van der Waals surface area contributed by atoms with E-state index in [4.69, 9.17) is 26.2 Å². The summed E-state index contributed by atoms with van der Waals surface area (Å²) in [5.41, 5.74) is 5.10. The van der Waals surface area contributed by atoms with Gasteiger partial charge in [0.15, 0.2) is 5.82 Å². The minimum atomic E-state index is -2.66. The van der Waals surface area contributed by atoms with Crippen molar-refractivity contribution in [2.45, 2.75) is 130 Å². The van der Waals surface area contributed by atoms with Gasteiger partial charge in [-0.15, -0.1) is 0 Å². The standard InChI is InChI=1S/C54H64ClF2N11O4/c1-32(69)66-21-17-45-43(30-66)48(67-18-7-8-34-22-41(37-28-61-64(6)29-37)42(47(56)57)24-46(34)67)63-68(45)38-12-9-33(10-13-38)31-71-39-15-19-65(20-16-39)52-59-26-36(27-60-52)49(70)62-50-53(2,3)51(54(50,4)5)72-40-14-11-35(25-58)44(55)23-40/h11,14,22-24,26-29,33,38-39,47,50-51H,7-10,12-13,15-21,30-31H2,1-6H3,(H,62,70). The Morgan fingerprint density at radius 1 is 0.958 bits per heavy atom. The van der Waals surface area contributed by atoms with E-state index in [0.717, 1.165) is 92.8 Å². The van der Waals surface area contributed by atoms with Gasteiger partial charge < -0.3 is 29.5 Å². The lowest BCUT2D eigenvalue weighted by molar-refractivity contribution is -0.164. The number of aromatic nitrogens is 6. The van der Waals surface area contributed by atoms with Crippen LogP contribution in [0, 0.1) is 28.1 Å². The number of halogens is 3. The number of carbonyl (C=O) groups is 2. The minimum absolute atomic E-state index is 0.0176. The summed E-state index contributed by atoms with van der Waals surface area (Å²) in [7, 11) is 1.79. The highest BCUT2D eigenvalue weighted by atomic mass is 35.5. The molecule has 380 valence electrons. The molecule has 0 atom stereocenters. The third-order valence-electron chi connectivity index (χ3n) is 16.2. The number of fused-ring (bicyclic) bond motifs is 2. The van der Waals surface area contributed by atoms with E-state index in [-0.39, 0.29) is 41.7 Å². The molecule has 1 N–H and O–H groups in total. The number of nitrogens with zero attached hydrogens (tertiary/aromatic N) is 10. The number of rotatable bonds is 12. The van der Waals surface area contributed by atoms with Crippen LogP contribution in [-0.4, -0.2) is 97.3 Å². The highest BCUT2D eigenvalue weighted by molar-refractivity contribution is 6.31. The van der Waals surface area contributed by atoms with Crippen molar-refractivity contribution in [2.75, 3.05) is 42.6 Å². The van der Waals surface area contributed by atoms with Crippen LogP contribution in [0.25, 0.3) is 11.1 Å². The molecule has 5 aromatic rings. The summed E-state index contributed by atoms with van der Waals surface area (Å²) in [5.74, 6) is 2.17. The summed E-state index contributed by atoms with van der Waals surface area (Å²) in [6.45, 7) is 13.8. The van der Waals surface area contributed by atoms with Crippen molar-refractivity contribution >= 4 is 40.9 Å². The average Bonchev–Trinajstić information content (AvgIpc) is 3.99. The second-order valence-electron chi connectivity index (χ2n) is 21.7. The van der Waals surface area contributed by atoms with Crippen molar-refractivity contribution in [1.29, 1.82) is 5.26 Å². The van der Waals surface area contributed by atoms with Gasteiger partial charge in [-0.3, -0.25) is 19.0 Å². The van der Waals surface area contributed by atoms with Crippen LogP contribution in [0.3, 0.4) is 0 Å². The number of anilines is 3. The zero-order valence-electron chi connectivity index (χ0n) is 42.0. The zero-order chi connectivity index (χ0) is 50.6. The first-order valence-electron chi connectivity index (χ1n) is 25.4. The highest BCUT2D eigenvalue weighted by Gasteiger charge is 2.64. The number of hydrogen-bond acceptors (Lipinski definition) is 11. The monoisotopic (exact) mass is 1000 g/mol. The Kier molecular flexibility index (Phi) is 13.5. The van der Waals surface area contributed by atoms with E-state index in [0.29, 0.717) is 77.6 Å². The molecule has 0 spiro atoms. The van der Waals surface area contributed by atoms with E-state index in [1.54, 1.807) is 67.7 Å². The molecule has 2 aliphatic carbocycles. The van der Waals surface area contributed by atoms with E-state index >= 15 is 0 Å². The molecule has 0 unspecified atom stereocenters. The van der Waals surface area contributed by atoms with E-state index in [1.165, 1.54) is 0 Å². The van der Waals surface area contributed by atoms with Crippen molar-refractivity contribution < 1.29 is 27.8 Å². The van der Waals surface area contributed by atoms with Gasteiger partial charge in [-0.25, -0.2) is 18.7 Å². The Balaban J connectivity index is 0.725. The number of alkyl halides is 2. The van der Waals surface area contributed by atoms with Crippen molar-refractivity contribution in [3.8, 4) is 22.9 Å². The van der Waals surface area contributed by atoms with Crippen LogP contribution in [0.5, 0.6) is 5.75 Å². The van der Waals surface area contributed by atoms with Crippen LogP contribution in [0.15, 0.2) is 55.1 Å². The van der Waals surface area contributed by atoms with Crippen LogP contribution in [-0.2, 0) is 36.0 Å². The molecule has 15 nitrogen and oxygen atoms in total. The maximum atomic E-state index is 14.8. The molecule has 5 aliphatic rings. The number of ether oxygens (including phenoxy) is 2. The predicted molar refractivity (Wildman–Crippen MR) is 270 cm³/mol. The fourth-order valence-corrected chi connectivity index (χ4v) is 12.8. The minimum Gasteiger partial charge on any atom is -0.489 e. The molecule has 3 aromatic heterocycles. The molecule has 18 heteroatoms. The topological polar surface area (TPSA) is 160 Å². The number of benzene rings is 2. The molecule has 2 aromatic carbocycles. The molecule has 2 saturated carbocycles. The van der Waals surface area contributed by atoms with Gasteiger partial charge in [0.05, 0.1) is 41.0 Å².